The van der Waals surface area contributed by atoms with Gasteiger partial charge in [-0.2, -0.15) is 0 Å². The highest BCUT2D eigenvalue weighted by Gasteiger charge is 2.62. The number of nitrogens with zero attached hydrogens (tertiary/aromatic N) is 2. The third kappa shape index (κ3) is 8.22. The van der Waals surface area contributed by atoms with E-state index in [1.165, 1.54) is 11.0 Å². The number of ether oxygens (including phenoxy) is 3. The Morgan fingerprint density at radius 2 is 1.79 bits per heavy atom. The van der Waals surface area contributed by atoms with Crippen LogP contribution in [0.3, 0.4) is 0 Å². The van der Waals surface area contributed by atoms with Crippen LogP contribution in [-0.2, 0) is 29.1 Å². The van der Waals surface area contributed by atoms with Gasteiger partial charge in [-0.15, -0.1) is 6.58 Å². The van der Waals surface area contributed by atoms with Gasteiger partial charge >= 0.3 is 6.09 Å². The third-order valence-electron chi connectivity index (χ3n) is 12.9. The molecule has 8 rings (SSSR count). The Morgan fingerprint density at radius 3 is 2.53 bits per heavy atom. The maximum Gasteiger partial charge on any atom is 0.408 e. The Kier molecular flexibility index (Phi) is 11.0. The van der Waals surface area contributed by atoms with Crippen molar-refractivity contribution in [1.82, 2.24) is 25.2 Å². The highest BCUT2D eigenvalue weighted by molar-refractivity contribution is 7.91. The lowest BCUT2D eigenvalue weighted by molar-refractivity contribution is -0.142. The number of nitrogens with one attached hydrogen (secondary N) is 3. The lowest BCUT2D eigenvalue weighted by atomic mass is 9.96. The van der Waals surface area contributed by atoms with Crippen molar-refractivity contribution in [3.05, 3.63) is 48.6 Å². The number of carbonyl (C=O) groups is 4. The Bertz CT molecular complexity index is 2060. The molecule has 6 aliphatic rings. The van der Waals surface area contributed by atoms with Crippen molar-refractivity contribution >= 4 is 50.8 Å². The first-order valence-corrected chi connectivity index (χ1v) is 22.1. The topological polar surface area (TPSA) is 182 Å². The zero-order chi connectivity index (χ0) is 39.9. The summed E-state index contributed by atoms with van der Waals surface area (Å²) >= 11 is 0. The Balaban J connectivity index is 1.14. The van der Waals surface area contributed by atoms with Crippen LogP contribution in [-0.4, -0.2) is 90.9 Å². The second-order valence-corrected chi connectivity index (χ2v) is 18.7. The van der Waals surface area contributed by atoms with Crippen molar-refractivity contribution in [3.8, 4) is 11.6 Å². The summed E-state index contributed by atoms with van der Waals surface area (Å²) in [5, 5.41) is 6.06. The van der Waals surface area contributed by atoms with Crippen LogP contribution in [0.2, 0.25) is 0 Å². The summed E-state index contributed by atoms with van der Waals surface area (Å²) in [6.07, 6.45) is 13.8. The van der Waals surface area contributed by atoms with Crippen LogP contribution in [0.25, 0.3) is 17.0 Å². The predicted octanol–water partition coefficient (Wildman–Crippen LogP) is 4.91. The smallest absolute Gasteiger partial charge is 0.408 e. The van der Waals surface area contributed by atoms with E-state index in [2.05, 4.69) is 28.0 Å². The molecule has 1 saturated heterocycles. The largest absolute Gasteiger partial charge is 0.497 e. The fraction of sp³-hybridized carbons (Fsp3) is 0.595. The van der Waals surface area contributed by atoms with E-state index in [-0.39, 0.29) is 37.3 Å². The van der Waals surface area contributed by atoms with E-state index in [4.69, 9.17) is 19.2 Å². The van der Waals surface area contributed by atoms with E-state index in [1.807, 2.05) is 30.3 Å². The molecule has 4 amide bonds. The van der Waals surface area contributed by atoms with Crippen LogP contribution >= 0.6 is 0 Å². The molecule has 14 nitrogen and oxygen atoms in total. The number of sulfonamides is 1. The lowest BCUT2D eigenvalue weighted by Gasteiger charge is -2.32. The number of fused-ring (bicyclic) bond motifs is 5. The Hall–Kier alpha value is -4.66. The van der Waals surface area contributed by atoms with Gasteiger partial charge in [0.05, 0.1) is 24.4 Å². The molecule has 1 aromatic carbocycles. The first-order chi connectivity index (χ1) is 27.5. The molecule has 7 atom stereocenters. The monoisotopic (exact) mass is 803 g/mol. The number of alkyl carbamates (subject to hydrolysis) is 1. The highest BCUT2D eigenvalue weighted by atomic mass is 32.2. The minimum Gasteiger partial charge on any atom is -0.497 e. The van der Waals surface area contributed by atoms with Gasteiger partial charge in [-0.05, 0) is 101 Å². The van der Waals surface area contributed by atoms with Gasteiger partial charge in [0.15, 0.2) is 0 Å². The van der Waals surface area contributed by atoms with Gasteiger partial charge in [-0.25, -0.2) is 18.2 Å². The summed E-state index contributed by atoms with van der Waals surface area (Å²) in [5.74, 6) is -1.35. The zero-order valence-electron chi connectivity index (χ0n) is 32.5. The molecular weight excluding hydrogens is 751 g/mol. The van der Waals surface area contributed by atoms with Gasteiger partial charge in [0.1, 0.15) is 35.6 Å². The van der Waals surface area contributed by atoms with E-state index in [1.54, 1.807) is 7.11 Å². The van der Waals surface area contributed by atoms with Gasteiger partial charge < -0.3 is 29.7 Å². The average molecular weight is 804 g/mol. The number of carbonyl (C=O) groups excluding carboxylic acids is 4. The van der Waals surface area contributed by atoms with Gasteiger partial charge in [-0.1, -0.05) is 31.1 Å². The van der Waals surface area contributed by atoms with Crippen molar-refractivity contribution in [1.29, 1.82) is 0 Å². The Labute approximate surface area is 333 Å². The maximum atomic E-state index is 14.9. The normalized spacial score (nSPS) is 31.4. The first kappa shape index (κ1) is 39.2. The summed E-state index contributed by atoms with van der Waals surface area (Å²) in [4.78, 5) is 63.0. The van der Waals surface area contributed by atoms with Crippen molar-refractivity contribution < 1.29 is 41.8 Å². The number of pyridine rings is 1. The molecule has 3 heterocycles. The number of benzene rings is 1. The molecule has 15 heteroatoms. The highest BCUT2D eigenvalue weighted by Crippen LogP contribution is 2.46. The predicted molar refractivity (Wildman–Crippen MR) is 211 cm³/mol. The van der Waals surface area contributed by atoms with Crippen molar-refractivity contribution in [2.24, 2.45) is 17.8 Å². The molecule has 0 spiro atoms. The summed E-state index contributed by atoms with van der Waals surface area (Å²) < 4.78 is 46.0. The Morgan fingerprint density at radius 1 is 1.02 bits per heavy atom. The van der Waals surface area contributed by atoms with Crippen molar-refractivity contribution in [2.45, 2.75) is 125 Å². The number of hydrogen-bond donors (Lipinski definition) is 3. The molecule has 57 heavy (non-hydrogen) atoms. The van der Waals surface area contributed by atoms with Crippen LogP contribution in [0.5, 0.6) is 11.6 Å². The molecule has 2 aliphatic heterocycles. The number of methoxy groups -OCH3 is 1. The van der Waals surface area contributed by atoms with Crippen molar-refractivity contribution in [3.63, 3.8) is 0 Å². The maximum absolute atomic E-state index is 14.9. The summed E-state index contributed by atoms with van der Waals surface area (Å²) in [6, 6.07) is 5.58. The molecule has 3 N–H and O–H groups in total. The van der Waals surface area contributed by atoms with E-state index in [0.717, 1.165) is 75.2 Å². The van der Waals surface area contributed by atoms with E-state index < -0.39 is 68.7 Å². The SMILES string of the molecule is C=C[C@H]1C[C@@]1(NC(=O)[C@@H]1C[C@@H]2CN1C(=O)[C@H](C1CCCC1)NC(=O)O[C@@H]1CCC[C@H]1CCC/C=C/c1cc3ccc(OC)cc3nc1O2)C(=O)NS(=O)(=O)C1CC1. The molecule has 0 unspecified atom stereocenters. The molecule has 0 radical (unpaired) electrons. The molecule has 306 valence electrons. The molecule has 2 aromatic rings. The standard InChI is InChI=1S/C42H53N5O9S/c1-3-29-23-42(29,40(50)46-57(52,53)32-18-19-32)45-37(48)34-22-31-24-47(34)39(49)36(26-11-7-8-12-26)44-41(51)56-35-15-9-14-25(35)10-5-4-6-13-28-20-27-16-17-30(54-2)21-33(27)43-38(28)55-31/h3,6,13,16-17,20-21,25-26,29,31-32,34-36H,1,4-5,7-12,14-15,18-19,22-24H2,2H3,(H,44,51)(H,45,48)(H,46,50)/b13-6+/t25-,29+,31-,34+,35-,36+,42+/m1/s1. The molecule has 1 aromatic heterocycles. The van der Waals surface area contributed by atoms with Crippen LogP contribution in [0.1, 0.15) is 95.5 Å². The van der Waals surface area contributed by atoms with Crippen LogP contribution in [0.15, 0.2) is 43.0 Å². The van der Waals surface area contributed by atoms with Gasteiger partial charge in [-0.3, -0.25) is 19.1 Å². The second-order valence-electron chi connectivity index (χ2n) is 16.7. The zero-order valence-corrected chi connectivity index (χ0v) is 33.3. The first-order valence-electron chi connectivity index (χ1n) is 20.6. The molecule has 5 fully saturated rings. The van der Waals surface area contributed by atoms with Crippen LogP contribution in [0.4, 0.5) is 4.79 Å². The fourth-order valence-corrected chi connectivity index (χ4v) is 10.7. The van der Waals surface area contributed by atoms with E-state index >= 15 is 0 Å². The number of aromatic nitrogens is 1. The number of rotatable bonds is 8. The van der Waals surface area contributed by atoms with E-state index in [9.17, 15) is 27.6 Å². The summed E-state index contributed by atoms with van der Waals surface area (Å²) in [7, 11) is -2.31. The van der Waals surface area contributed by atoms with Crippen molar-refractivity contribution in [2.75, 3.05) is 13.7 Å². The van der Waals surface area contributed by atoms with E-state index in [0.29, 0.717) is 30.0 Å². The quantitative estimate of drug-likeness (QED) is 0.310. The summed E-state index contributed by atoms with van der Waals surface area (Å²) in [6.45, 7) is 3.82. The number of allylic oxidation sites excluding steroid dienone is 1. The minimum atomic E-state index is -3.90. The lowest BCUT2D eigenvalue weighted by Crippen LogP contribution is -2.59. The molecular formula is C42H53N5O9S. The molecule has 4 saturated carbocycles. The molecule has 4 aliphatic carbocycles. The van der Waals surface area contributed by atoms with Gasteiger partial charge in [0, 0.05) is 29.4 Å². The minimum absolute atomic E-state index is 0.00267. The van der Waals surface area contributed by atoms with Crippen LogP contribution < -0.4 is 24.8 Å². The molecule has 2 bridgehead atoms. The third-order valence-corrected chi connectivity index (χ3v) is 14.7. The van der Waals surface area contributed by atoms with Gasteiger partial charge in [0.25, 0.3) is 5.91 Å². The number of hydrogen-bond acceptors (Lipinski definition) is 10. The number of amides is 4. The summed E-state index contributed by atoms with van der Waals surface area (Å²) in [5.41, 5.74) is -0.141. The van der Waals surface area contributed by atoms with Gasteiger partial charge in [0.2, 0.25) is 27.7 Å². The second kappa shape index (κ2) is 15.9. The van der Waals surface area contributed by atoms with Crippen LogP contribution in [0, 0.1) is 17.8 Å². The fourth-order valence-electron chi connectivity index (χ4n) is 9.38. The average Bonchev–Trinajstić information content (AvgIpc) is 3.98.